The second-order valence-corrected chi connectivity index (χ2v) is 6.93. The topological polar surface area (TPSA) is 49.4 Å². The molecule has 0 unspecified atom stereocenters. The first-order chi connectivity index (χ1) is 11.2. The molecule has 0 aliphatic rings. The van der Waals surface area contributed by atoms with Crippen LogP contribution in [0.2, 0.25) is 0 Å². The highest BCUT2D eigenvalue weighted by Crippen LogP contribution is 2.18. The van der Waals surface area contributed by atoms with Crippen LogP contribution in [0.25, 0.3) is 0 Å². The summed E-state index contributed by atoms with van der Waals surface area (Å²) in [5, 5.41) is 1.40. The number of carbonyl (C=O) groups is 2. The zero-order valence-corrected chi connectivity index (χ0v) is 14.9. The Balaban J connectivity index is 2.30. The number of nitrogens with zero attached hydrogens (tertiary/aromatic N) is 1. The molecule has 4 nitrogen and oxygen atoms in total. The van der Waals surface area contributed by atoms with Crippen molar-refractivity contribution in [3.8, 4) is 0 Å². The zero-order chi connectivity index (χ0) is 17.9. The SMILES string of the molecule is Cc1ccc(C(=O)NN(C(=O)c2ccccc2C)C(C)(C)C)cc1. The van der Waals surface area contributed by atoms with Crippen molar-refractivity contribution in [2.45, 2.75) is 40.2 Å². The van der Waals surface area contributed by atoms with Crippen molar-refractivity contribution in [3.05, 3.63) is 70.8 Å². The number of rotatable bonds is 2. The van der Waals surface area contributed by atoms with Gasteiger partial charge in [0.25, 0.3) is 11.8 Å². The lowest BCUT2D eigenvalue weighted by atomic mass is 10.0. The molecule has 126 valence electrons. The van der Waals surface area contributed by atoms with E-state index in [1.54, 1.807) is 18.2 Å². The monoisotopic (exact) mass is 324 g/mol. The Labute approximate surface area is 143 Å². The Hall–Kier alpha value is -2.62. The van der Waals surface area contributed by atoms with Crippen molar-refractivity contribution in [1.82, 2.24) is 10.4 Å². The molecule has 0 atom stereocenters. The molecular formula is C20H24N2O2. The molecular weight excluding hydrogens is 300 g/mol. The Morgan fingerprint density at radius 1 is 0.917 bits per heavy atom. The van der Waals surface area contributed by atoms with Gasteiger partial charge in [0, 0.05) is 11.1 Å². The van der Waals surface area contributed by atoms with Gasteiger partial charge in [-0.05, 0) is 58.4 Å². The second kappa shape index (κ2) is 6.87. The molecule has 2 aromatic rings. The summed E-state index contributed by atoms with van der Waals surface area (Å²) in [7, 11) is 0. The van der Waals surface area contributed by atoms with Gasteiger partial charge in [0.1, 0.15) is 0 Å². The van der Waals surface area contributed by atoms with Crippen LogP contribution in [0.5, 0.6) is 0 Å². The largest absolute Gasteiger partial charge is 0.273 e. The lowest BCUT2D eigenvalue weighted by Gasteiger charge is -2.35. The van der Waals surface area contributed by atoms with Gasteiger partial charge in [-0.15, -0.1) is 0 Å². The van der Waals surface area contributed by atoms with E-state index in [-0.39, 0.29) is 11.8 Å². The fourth-order valence-electron chi connectivity index (χ4n) is 2.33. The highest BCUT2D eigenvalue weighted by atomic mass is 16.2. The van der Waals surface area contributed by atoms with E-state index < -0.39 is 5.54 Å². The molecule has 24 heavy (non-hydrogen) atoms. The van der Waals surface area contributed by atoms with E-state index in [2.05, 4.69) is 5.43 Å². The number of carbonyl (C=O) groups excluding carboxylic acids is 2. The second-order valence-electron chi connectivity index (χ2n) is 6.93. The van der Waals surface area contributed by atoms with Gasteiger partial charge in [0.15, 0.2) is 0 Å². The van der Waals surface area contributed by atoms with Gasteiger partial charge in [0.2, 0.25) is 0 Å². The van der Waals surface area contributed by atoms with E-state index in [4.69, 9.17) is 0 Å². The van der Waals surface area contributed by atoms with E-state index >= 15 is 0 Å². The Kier molecular flexibility index (Phi) is 5.07. The molecule has 2 rings (SSSR count). The Morgan fingerprint density at radius 3 is 2.04 bits per heavy atom. The smallest absolute Gasteiger partial charge is 0.267 e. The highest BCUT2D eigenvalue weighted by molar-refractivity contribution is 6.00. The van der Waals surface area contributed by atoms with Crippen LogP contribution in [0.4, 0.5) is 0 Å². The summed E-state index contributed by atoms with van der Waals surface area (Å²) < 4.78 is 0. The summed E-state index contributed by atoms with van der Waals surface area (Å²) >= 11 is 0. The molecule has 1 N–H and O–H groups in total. The predicted molar refractivity (Wildman–Crippen MR) is 95.7 cm³/mol. The van der Waals surface area contributed by atoms with E-state index in [1.807, 2.05) is 65.0 Å². The predicted octanol–water partition coefficient (Wildman–Crippen LogP) is 3.89. The molecule has 0 radical (unpaired) electrons. The van der Waals surface area contributed by atoms with Crippen molar-refractivity contribution >= 4 is 11.8 Å². The molecule has 4 heteroatoms. The van der Waals surface area contributed by atoms with Gasteiger partial charge < -0.3 is 0 Å². The Morgan fingerprint density at radius 2 is 1.50 bits per heavy atom. The normalized spacial score (nSPS) is 11.0. The van der Waals surface area contributed by atoms with Crippen LogP contribution in [0, 0.1) is 13.8 Å². The average Bonchev–Trinajstić information content (AvgIpc) is 2.52. The summed E-state index contributed by atoms with van der Waals surface area (Å²) in [5.41, 5.74) is 5.26. The highest BCUT2D eigenvalue weighted by Gasteiger charge is 2.30. The molecule has 0 aliphatic carbocycles. The first-order valence-corrected chi connectivity index (χ1v) is 7.98. The van der Waals surface area contributed by atoms with E-state index in [9.17, 15) is 9.59 Å². The molecule has 0 heterocycles. The van der Waals surface area contributed by atoms with Crippen molar-refractivity contribution in [2.24, 2.45) is 0 Å². The summed E-state index contributed by atoms with van der Waals surface area (Å²) in [6.45, 7) is 9.51. The number of hydrazine groups is 1. The first-order valence-electron chi connectivity index (χ1n) is 7.98. The molecule has 0 saturated heterocycles. The van der Waals surface area contributed by atoms with Gasteiger partial charge >= 0.3 is 0 Å². The number of hydrogen-bond acceptors (Lipinski definition) is 2. The lowest BCUT2D eigenvalue weighted by molar-refractivity contribution is 0.0358. The number of hydrogen-bond donors (Lipinski definition) is 1. The standard InChI is InChI=1S/C20H24N2O2/c1-14-10-12-16(13-11-14)18(23)21-22(20(3,4)5)19(24)17-9-7-6-8-15(17)2/h6-13H,1-5H3,(H,21,23). The molecule has 0 aromatic heterocycles. The van der Waals surface area contributed by atoms with E-state index in [0.29, 0.717) is 11.1 Å². The van der Waals surface area contributed by atoms with Crippen LogP contribution in [0.3, 0.4) is 0 Å². The first kappa shape index (κ1) is 17.7. The molecule has 2 aromatic carbocycles. The average molecular weight is 324 g/mol. The summed E-state index contributed by atoms with van der Waals surface area (Å²) in [5.74, 6) is -0.520. The summed E-state index contributed by atoms with van der Waals surface area (Å²) in [6, 6.07) is 14.6. The van der Waals surface area contributed by atoms with Gasteiger partial charge in [-0.1, -0.05) is 35.9 Å². The van der Waals surface area contributed by atoms with Crippen LogP contribution in [0.15, 0.2) is 48.5 Å². The molecule has 0 saturated carbocycles. The maximum atomic E-state index is 12.9. The van der Waals surface area contributed by atoms with Crippen LogP contribution in [0.1, 0.15) is 52.6 Å². The van der Waals surface area contributed by atoms with E-state index in [1.165, 1.54) is 5.01 Å². The third-order valence-electron chi connectivity index (χ3n) is 3.78. The quantitative estimate of drug-likeness (QED) is 0.852. The van der Waals surface area contributed by atoms with Crippen molar-refractivity contribution in [1.29, 1.82) is 0 Å². The molecule has 0 aliphatic heterocycles. The summed E-state index contributed by atoms with van der Waals surface area (Å²) in [6.07, 6.45) is 0. The van der Waals surface area contributed by atoms with Crippen molar-refractivity contribution in [3.63, 3.8) is 0 Å². The molecule has 2 amide bonds. The summed E-state index contributed by atoms with van der Waals surface area (Å²) in [4.78, 5) is 25.5. The van der Waals surface area contributed by atoms with Crippen molar-refractivity contribution < 1.29 is 9.59 Å². The minimum absolute atomic E-state index is 0.221. The fraction of sp³-hybridized carbons (Fsp3) is 0.300. The zero-order valence-electron chi connectivity index (χ0n) is 14.9. The fourth-order valence-corrected chi connectivity index (χ4v) is 2.33. The van der Waals surface area contributed by atoms with Crippen LogP contribution in [-0.2, 0) is 0 Å². The number of benzene rings is 2. The maximum Gasteiger partial charge on any atom is 0.273 e. The van der Waals surface area contributed by atoms with Gasteiger partial charge in [-0.2, -0.15) is 0 Å². The molecule has 0 bridgehead atoms. The van der Waals surface area contributed by atoms with Crippen LogP contribution >= 0.6 is 0 Å². The van der Waals surface area contributed by atoms with Crippen LogP contribution in [-0.4, -0.2) is 22.4 Å². The van der Waals surface area contributed by atoms with Crippen LogP contribution < -0.4 is 5.43 Å². The minimum Gasteiger partial charge on any atom is -0.267 e. The third kappa shape index (κ3) is 4.02. The van der Waals surface area contributed by atoms with Gasteiger partial charge in [-0.3, -0.25) is 15.0 Å². The third-order valence-corrected chi connectivity index (χ3v) is 3.78. The number of nitrogens with one attached hydrogen (secondary N) is 1. The lowest BCUT2D eigenvalue weighted by Crippen LogP contribution is -2.56. The van der Waals surface area contributed by atoms with Gasteiger partial charge in [-0.25, -0.2) is 5.01 Å². The number of amides is 2. The molecule has 0 spiro atoms. The minimum atomic E-state index is -0.556. The molecule has 0 fully saturated rings. The van der Waals surface area contributed by atoms with Crippen molar-refractivity contribution in [2.75, 3.05) is 0 Å². The Bertz CT molecular complexity index is 743. The number of aryl methyl sites for hydroxylation is 2. The van der Waals surface area contributed by atoms with Gasteiger partial charge in [0.05, 0.1) is 5.54 Å². The van der Waals surface area contributed by atoms with E-state index in [0.717, 1.165) is 11.1 Å². The maximum absolute atomic E-state index is 12.9.